The van der Waals surface area contributed by atoms with Crippen molar-refractivity contribution in [3.05, 3.63) is 47.4 Å². The fourth-order valence-electron chi connectivity index (χ4n) is 1.88. The maximum absolute atomic E-state index is 13.7. The van der Waals surface area contributed by atoms with Gasteiger partial charge in [-0.15, -0.1) is 0 Å². The van der Waals surface area contributed by atoms with Crippen LogP contribution in [0, 0.1) is 5.82 Å². The van der Waals surface area contributed by atoms with Crippen LogP contribution in [0.5, 0.6) is 0 Å². The number of carboxylic acids is 1. The molecule has 0 spiro atoms. The average Bonchev–Trinajstić information content (AvgIpc) is 2.95. The molecule has 0 fully saturated rings. The van der Waals surface area contributed by atoms with Crippen molar-refractivity contribution in [3.8, 4) is 0 Å². The number of hydrogen-bond acceptors (Lipinski definition) is 4. The lowest BCUT2D eigenvalue weighted by atomic mass is 10.1. The largest absolute Gasteiger partial charge is 0.478 e. The summed E-state index contributed by atoms with van der Waals surface area (Å²) in [6, 6.07) is 4.53. The third-order valence-electron chi connectivity index (χ3n) is 3.00. The maximum Gasteiger partial charge on any atom is 0.335 e. The summed E-state index contributed by atoms with van der Waals surface area (Å²) in [7, 11) is -3.87. The fraction of sp³-hybridized carbons (Fsp3) is 0.231. The smallest absolute Gasteiger partial charge is 0.335 e. The molecule has 0 atom stereocenters. The molecule has 2 rings (SSSR count). The molecular formula is C13H14FN3O4S. The number of sulfonamides is 1. The Morgan fingerprint density at radius 2 is 2.14 bits per heavy atom. The van der Waals surface area contributed by atoms with Crippen LogP contribution in [0.25, 0.3) is 0 Å². The SMILES string of the molecule is CCn1nccc1S(=O)(=O)NCc1cc(C(=O)O)ccc1F. The zero-order valence-corrected chi connectivity index (χ0v) is 12.5. The van der Waals surface area contributed by atoms with E-state index in [4.69, 9.17) is 5.11 Å². The van der Waals surface area contributed by atoms with E-state index in [2.05, 4.69) is 9.82 Å². The van der Waals surface area contributed by atoms with Gasteiger partial charge in [0, 0.05) is 18.7 Å². The van der Waals surface area contributed by atoms with Crippen molar-refractivity contribution in [2.24, 2.45) is 0 Å². The molecule has 1 heterocycles. The first kappa shape index (κ1) is 16.1. The molecule has 1 aromatic heterocycles. The van der Waals surface area contributed by atoms with Crippen LogP contribution in [0.1, 0.15) is 22.8 Å². The van der Waals surface area contributed by atoms with Crippen LogP contribution in [-0.4, -0.2) is 29.3 Å². The van der Waals surface area contributed by atoms with Gasteiger partial charge < -0.3 is 5.11 Å². The minimum Gasteiger partial charge on any atom is -0.478 e. The van der Waals surface area contributed by atoms with E-state index in [0.717, 1.165) is 18.2 Å². The highest BCUT2D eigenvalue weighted by molar-refractivity contribution is 7.89. The number of nitrogens with zero attached hydrogens (tertiary/aromatic N) is 2. The van der Waals surface area contributed by atoms with Crippen molar-refractivity contribution in [1.29, 1.82) is 0 Å². The number of aromatic nitrogens is 2. The molecule has 0 aliphatic rings. The quantitative estimate of drug-likeness (QED) is 0.830. The molecule has 118 valence electrons. The van der Waals surface area contributed by atoms with Crippen molar-refractivity contribution < 1.29 is 22.7 Å². The Morgan fingerprint density at radius 3 is 2.77 bits per heavy atom. The number of nitrogens with one attached hydrogen (secondary N) is 1. The summed E-state index contributed by atoms with van der Waals surface area (Å²) in [5, 5.41) is 12.7. The minimum atomic E-state index is -3.87. The van der Waals surface area contributed by atoms with Crippen molar-refractivity contribution >= 4 is 16.0 Å². The van der Waals surface area contributed by atoms with Gasteiger partial charge in [-0.25, -0.2) is 22.3 Å². The van der Waals surface area contributed by atoms with E-state index in [1.54, 1.807) is 6.92 Å². The Hall–Kier alpha value is -2.26. The monoisotopic (exact) mass is 327 g/mol. The Labute approximate surface area is 126 Å². The molecule has 2 N–H and O–H groups in total. The van der Waals surface area contributed by atoms with Crippen LogP contribution in [0.3, 0.4) is 0 Å². The topological polar surface area (TPSA) is 101 Å². The molecule has 1 aromatic carbocycles. The zero-order chi connectivity index (χ0) is 16.3. The Bertz CT molecular complexity index is 801. The van der Waals surface area contributed by atoms with E-state index in [-0.39, 0.29) is 22.7 Å². The molecule has 0 bridgehead atoms. The highest BCUT2D eigenvalue weighted by Crippen LogP contribution is 2.13. The van der Waals surface area contributed by atoms with Crippen molar-refractivity contribution in [2.45, 2.75) is 25.0 Å². The lowest BCUT2D eigenvalue weighted by Gasteiger charge is -2.09. The normalized spacial score (nSPS) is 11.5. The second kappa shape index (κ2) is 6.24. The van der Waals surface area contributed by atoms with Crippen LogP contribution in [0.15, 0.2) is 35.5 Å². The van der Waals surface area contributed by atoms with Gasteiger partial charge in [-0.05, 0) is 31.2 Å². The molecule has 22 heavy (non-hydrogen) atoms. The van der Waals surface area contributed by atoms with E-state index in [9.17, 15) is 17.6 Å². The Balaban J connectivity index is 2.22. The standard InChI is InChI=1S/C13H14FN3O4S/c1-2-17-12(5-6-15-17)22(20,21)16-8-10-7-9(13(18)19)3-4-11(10)14/h3-7,16H,2,8H2,1H3,(H,18,19). The van der Waals surface area contributed by atoms with Gasteiger partial charge in [0.1, 0.15) is 5.82 Å². The van der Waals surface area contributed by atoms with Crippen molar-refractivity contribution in [3.63, 3.8) is 0 Å². The van der Waals surface area contributed by atoms with Crippen LogP contribution in [0.4, 0.5) is 4.39 Å². The summed E-state index contributed by atoms with van der Waals surface area (Å²) in [5.41, 5.74) is -0.166. The molecule has 2 aromatic rings. The highest BCUT2D eigenvalue weighted by Gasteiger charge is 2.19. The first-order valence-corrected chi connectivity index (χ1v) is 7.86. The minimum absolute atomic E-state index is 0.0372. The fourth-order valence-corrected chi connectivity index (χ4v) is 3.06. The number of carbonyl (C=O) groups is 1. The molecule has 0 amide bonds. The Morgan fingerprint density at radius 1 is 1.41 bits per heavy atom. The molecule has 0 saturated carbocycles. The number of halogens is 1. The molecule has 0 radical (unpaired) electrons. The molecular weight excluding hydrogens is 313 g/mol. The molecule has 0 unspecified atom stereocenters. The van der Waals surface area contributed by atoms with E-state index < -0.39 is 21.8 Å². The van der Waals surface area contributed by atoms with E-state index in [1.807, 2.05) is 0 Å². The average molecular weight is 327 g/mol. The summed E-state index contributed by atoms with van der Waals surface area (Å²) in [6.07, 6.45) is 1.35. The zero-order valence-electron chi connectivity index (χ0n) is 11.7. The van der Waals surface area contributed by atoms with Crippen molar-refractivity contribution in [1.82, 2.24) is 14.5 Å². The molecule has 9 heteroatoms. The van der Waals surface area contributed by atoms with Gasteiger partial charge in [0.15, 0.2) is 5.03 Å². The second-order valence-corrected chi connectivity index (χ2v) is 6.13. The van der Waals surface area contributed by atoms with Gasteiger partial charge in [-0.3, -0.25) is 4.68 Å². The third kappa shape index (κ3) is 3.31. The number of carboxylic acid groups (broad SMARTS) is 1. The van der Waals surface area contributed by atoms with Gasteiger partial charge in [-0.1, -0.05) is 0 Å². The number of hydrogen-bond donors (Lipinski definition) is 2. The van der Waals surface area contributed by atoms with Crippen LogP contribution in [-0.2, 0) is 23.1 Å². The molecule has 0 aliphatic carbocycles. The number of aryl methyl sites for hydroxylation is 1. The first-order chi connectivity index (χ1) is 10.3. The first-order valence-electron chi connectivity index (χ1n) is 6.38. The molecule has 7 nitrogen and oxygen atoms in total. The number of rotatable bonds is 6. The van der Waals surface area contributed by atoms with E-state index in [0.29, 0.717) is 6.54 Å². The predicted molar refractivity (Wildman–Crippen MR) is 75.3 cm³/mol. The maximum atomic E-state index is 13.7. The molecule has 0 aliphatic heterocycles. The van der Waals surface area contributed by atoms with Crippen LogP contribution < -0.4 is 4.72 Å². The van der Waals surface area contributed by atoms with E-state index in [1.165, 1.54) is 16.9 Å². The lowest BCUT2D eigenvalue weighted by Crippen LogP contribution is -2.26. The van der Waals surface area contributed by atoms with Crippen LogP contribution in [0.2, 0.25) is 0 Å². The summed E-state index contributed by atoms with van der Waals surface area (Å²) < 4.78 is 41.5. The van der Waals surface area contributed by atoms with Gasteiger partial charge in [0.2, 0.25) is 0 Å². The van der Waals surface area contributed by atoms with Gasteiger partial charge in [0.25, 0.3) is 10.0 Å². The summed E-state index contributed by atoms with van der Waals surface area (Å²) >= 11 is 0. The summed E-state index contributed by atoms with van der Waals surface area (Å²) in [4.78, 5) is 10.9. The summed E-state index contributed by atoms with van der Waals surface area (Å²) in [6.45, 7) is 1.75. The van der Waals surface area contributed by atoms with Gasteiger partial charge in [0.05, 0.1) is 11.8 Å². The van der Waals surface area contributed by atoms with Gasteiger partial charge >= 0.3 is 5.97 Å². The summed E-state index contributed by atoms with van der Waals surface area (Å²) in [5.74, 6) is -1.90. The van der Waals surface area contributed by atoms with Crippen LogP contribution >= 0.6 is 0 Å². The molecule has 0 saturated heterocycles. The number of benzene rings is 1. The lowest BCUT2D eigenvalue weighted by molar-refractivity contribution is 0.0696. The Kier molecular flexibility index (Phi) is 4.57. The highest BCUT2D eigenvalue weighted by atomic mass is 32.2. The van der Waals surface area contributed by atoms with Gasteiger partial charge in [-0.2, -0.15) is 5.10 Å². The third-order valence-corrected chi connectivity index (χ3v) is 4.42. The second-order valence-electron chi connectivity index (χ2n) is 4.42. The van der Waals surface area contributed by atoms with Crippen molar-refractivity contribution in [2.75, 3.05) is 0 Å². The van der Waals surface area contributed by atoms with E-state index >= 15 is 0 Å². The predicted octanol–water partition coefficient (Wildman–Crippen LogP) is 1.22. The number of aromatic carboxylic acids is 1.